The maximum atomic E-state index is 15.9. The molecule has 4 aromatic rings. The molecule has 3 aliphatic heterocycles. The molecule has 0 unspecified atom stereocenters. The summed E-state index contributed by atoms with van der Waals surface area (Å²) >= 11 is 0. The SMILES string of the molecule is CN1CCN(CCCNc2c(F)cc3c(=O)c(C(=O)NCCN4CCCC4)cn4c3c2Oc2cc3ccccc3cc2-4)CC1. The predicted molar refractivity (Wildman–Crippen MR) is 172 cm³/mol. The Labute approximate surface area is 256 Å². The van der Waals surface area contributed by atoms with E-state index in [4.69, 9.17) is 4.74 Å². The fourth-order valence-electron chi connectivity index (χ4n) is 6.65. The van der Waals surface area contributed by atoms with Crippen LogP contribution in [-0.4, -0.2) is 97.7 Å². The van der Waals surface area contributed by atoms with Gasteiger partial charge in [0.25, 0.3) is 5.91 Å². The summed E-state index contributed by atoms with van der Waals surface area (Å²) in [6.07, 6.45) is 4.76. The number of carbonyl (C=O) groups is 1. The zero-order valence-electron chi connectivity index (χ0n) is 25.2. The van der Waals surface area contributed by atoms with Crippen LogP contribution in [0.15, 0.2) is 53.5 Å². The molecule has 9 nitrogen and oxygen atoms in total. The molecule has 0 bridgehead atoms. The van der Waals surface area contributed by atoms with Crippen LogP contribution in [0.5, 0.6) is 11.5 Å². The van der Waals surface area contributed by atoms with Gasteiger partial charge in [0.05, 0.1) is 11.1 Å². The number of piperazine rings is 1. The molecule has 1 amide bonds. The lowest BCUT2D eigenvalue weighted by Crippen LogP contribution is -2.44. The van der Waals surface area contributed by atoms with Crippen LogP contribution in [0.4, 0.5) is 10.1 Å². The molecule has 2 saturated heterocycles. The van der Waals surface area contributed by atoms with Gasteiger partial charge in [0.15, 0.2) is 17.3 Å². The van der Waals surface area contributed by atoms with Crippen LogP contribution in [0, 0.1) is 5.82 Å². The van der Waals surface area contributed by atoms with Crippen LogP contribution in [0.1, 0.15) is 29.6 Å². The summed E-state index contributed by atoms with van der Waals surface area (Å²) < 4.78 is 24.1. The van der Waals surface area contributed by atoms with Crippen molar-refractivity contribution in [2.75, 3.05) is 77.8 Å². The molecule has 0 radical (unpaired) electrons. The minimum absolute atomic E-state index is 0.0156. The summed E-state index contributed by atoms with van der Waals surface area (Å²) in [5.74, 6) is -0.235. The number of hydrogen-bond donors (Lipinski definition) is 2. The molecule has 44 heavy (non-hydrogen) atoms. The van der Waals surface area contributed by atoms with E-state index in [0.29, 0.717) is 30.0 Å². The molecule has 0 atom stereocenters. The zero-order chi connectivity index (χ0) is 30.2. The minimum atomic E-state index is -0.577. The second kappa shape index (κ2) is 12.2. The third-order valence-corrected chi connectivity index (χ3v) is 9.20. The molecule has 4 heterocycles. The normalized spacial score (nSPS) is 17.1. The fourth-order valence-corrected chi connectivity index (χ4v) is 6.65. The second-order valence-electron chi connectivity index (χ2n) is 12.2. The Balaban J connectivity index is 1.24. The van der Waals surface area contributed by atoms with E-state index in [1.807, 2.05) is 41.0 Å². The smallest absolute Gasteiger partial charge is 0.256 e. The number of anilines is 1. The first-order valence-corrected chi connectivity index (χ1v) is 15.7. The molecule has 7 rings (SSSR count). The topological polar surface area (TPSA) is 82.1 Å². The summed E-state index contributed by atoms with van der Waals surface area (Å²) in [5.41, 5.74) is 0.850. The standard InChI is InChI=1S/C34H39FN6O3/c1-38-15-17-40(18-16-38)13-6-9-36-30-27(35)21-25-31-33(30)44-29-20-24-8-3-2-7-23(24)19-28(29)41(31)22-26(32(25)42)34(43)37-10-14-39-11-4-5-12-39/h2-3,7-8,19-22,36H,4-6,9-18H2,1H3,(H,37,43). The largest absolute Gasteiger partial charge is 0.451 e. The Bertz CT molecular complexity index is 1780. The molecule has 1 aromatic heterocycles. The molecular weight excluding hydrogens is 559 g/mol. The Morgan fingerprint density at radius 1 is 0.932 bits per heavy atom. The molecule has 0 spiro atoms. The van der Waals surface area contributed by atoms with E-state index in [0.717, 1.165) is 69.6 Å². The zero-order valence-corrected chi connectivity index (χ0v) is 25.2. The highest BCUT2D eigenvalue weighted by molar-refractivity contribution is 6.02. The van der Waals surface area contributed by atoms with Crippen molar-refractivity contribution in [1.82, 2.24) is 24.6 Å². The van der Waals surface area contributed by atoms with Crippen LogP contribution in [-0.2, 0) is 0 Å². The van der Waals surface area contributed by atoms with Gasteiger partial charge in [-0.25, -0.2) is 4.39 Å². The number of benzene rings is 3. The highest BCUT2D eigenvalue weighted by atomic mass is 19.1. The first-order valence-electron chi connectivity index (χ1n) is 15.7. The Kier molecular flexibility index (Phi) is 7.97. The fraction of sp³-hybridized carbons (Fsp3) is 0.412. The van der Waals surface area contributed by atoms with Crippen molar-refractivity contribution >= 4 is 33.3 Å². The number of rotatable bonds is 9. The van der Waals surface area contributed by atoms with Gasteiger partial charge in [-0.05, 0) is 74.9 Å². The van der Waals surface area contributed by atoms with E-state index < -0.39 is 17.2 Å². The van der Waals surface area contributed by atoms with Crippen molar-refractivity contribution < 1.29 is 13.9 Å². The van der Waals surface area contributed by atoms with E-state index in [2.05, 4.69) is 32.4 Å². The van der Waals surface area contributed by atoms with Gasteiger partial charge in [-0.3, -0.25) is 9.59 Å². The molecule has 0 saturated carbocycles. The molecule has 3 aliphatic rings. The average molecular weight is 599 g/mol. The van der Waals surface area contributed by atoms with Gasteiger partial charge < -0.3 is 34.6 Å². The number of carbonyl (C=O) groups excluding carboxylic acids is 1. The van der Waals surface area contributed by atoms with Crippen molar-refractivity contribution in [3.63, 3.8) is 0 Å². The van der Waals surface area contributed by atoms with Crippen molar-refractivity contribution in [1.29, 1.82) is 0 Å². The minimum Gasteiger partial charge on any atom is -0.451 e. The van der Waals surface area contributed by atoms with E-state index >= 15 is 4.39 Å². The van der Waals surface area contributed by atoms with E-state index in [1.165, 1.54) is 18.9 Å². The van der Waals surface area contributed by atoms with E-state index in [9.17, 15) is 9.59 Å². The third-order valence-electron chi connectivity index (χ3n) is 9.20. The molecule has 230 valence electrons. The van der Waals surface area contributed by atoms with Crippen LogP contribution >= 0.6 is 0 Å². The number of halogens is 1. The number of ether oxygens (including phenoxy) is 1. The molecular formula is C34H39FN6O3. The van der Waals surface area contributed by atoms with Crippen LogP contribution in [0.25, 0.3) is 27.4 Å². The lowest BCUT2D eigenvalue weighted by molar-refractivity contribution is 0.0948. The lowest BCUT2D eigenvalue weighted by Gasteiger charge is -2.32. The molecule has 2 fully saturated rings. The van der Waals surface area contributed by atoms with Gasteiger partial charge in [-0.1, -0.05) is 24.3 Å². The van der Waals surface area contributed by atoms with E-state index in [-0.39, 0.29) is 22.4 Å². The van der Waals surface area contributed by atoms with Crippen LogP contribution < -0.4 is 20.8 Å². The van der Waals surface area contributed by atoms with E-state index in [1.54, 1.807) is 6.20 Å². The average Bonchev–Trinajstić information content (AvgIpc) is 3.55. The van der Waals surface area contributed by atoms with Gasteiger partial charge in [-0.15, -0.1) is 0 Å². The first-order chi connectivity index (χ1) is 21.5. The molecule has 10 heteroatoms. The number of pyridine rings is 1. The highest BCUT2D eigenvalue weighted by Crippen LogP contribution is 2.46. The number of likely N-dealkylation sites (N-methyl/N-ethyl adjacent to an activating group) is 1. The van der Waals surface area contributed by atoms with Crippen molar-refractivity contribution in [2.45, 2.75) is 19.3 Å². The first kappa shape index (κ1) is 28.8. The number of likely N-dealkylation sites (tertiary alicyclic amines) is 1. The van der Waals surface area contributed by atoms with Crippen molar-refractivity contribution in [3.8, 4) is 17.2 Å². The summed E-state index contributed by atoms with van der Waals surface area (Å²) in [7, 11) is 2.14. The number of aromatic nitrogens is 1. The summed E-state index contributed by atoms with van der Waals surface area (Å²) in [6.45, 7) is 8.86. The molecule has 2 N–H and O–H groups in total. The summed E-state index contributed by atoms with van der Waals surface area (Å²) in [5, 5.41) is 8.28. The second-order valence-corrected chi connectivity index (χ2v) is 12.2. The number of amides is 1. The molecule has 3 aromatic carbocycles. The monoisotopic (exact) mass is 598 g/mol. The summed E-state index contributed by atoms with van der Waals surface area (Å²) in [6, 6.07) is 13.1. The van der Waals surface area contributed by atoms with Gasteiger partial charge >= 0.3 is 0 Å². The quantitative estimate of drug-likeness (QED) is 0.246. The van der Waals surface area contributed by atoms with Crippen molar-refractivity contribution in [2.24, 2.45) is 0 Å². The van der Waals surface area contributed by atoms with Gasteiger partial charge in [0.2, 0.25) is 5.43 Å². The Morgan fingerprint density at radius 3 is 2.43 bits per heavy atom. The van der Waals surface area contributed by atoms with Crippen molar-refractivity contribution in [3.05, 3.63) is 70.3 Å². The maximum absolute atomic E-state index is 15.9. The number of nitrogens with zero attached hydrogens (tertiary/aromatic N) is 4. The Morgan fingerprint density at radius 2 is 1.66 bits per heavy atom. The highest BCUT2D eigenvalue weighted by Gasteiger charge is 2.29. The predicted octanol–water partition coefficient (Wildman–Crippen LogP) is 4.26. The molecule has 0 aliphatic carbocycles. The summed E-state index contributed by atoms with van der Waals surface area (Å²) in [4.78, 5) is 34.2. The Hall–Kier alpha value is -3.99. The van der Waals surface area contributed by atoms with Gasteiger partial charge in [0, 0.05) is 52.0 Å². The number of nitrogens with one attached hydrogen (secondary N) is 2. The third kappa shape index (κ3) is 5.53. The van der Waals surface area contributed by atoms with Gasteiger partial charge in [-0.2, -0.15) is 0 Å². The number of fused-ring (bicyclic) bond motifs is 3. The lowest BCUT2D eigenvalue weighted by atomic mass is 10.0. The van der Waals surface area contributed by atoms with Crippen LogP contribution in [0.2, 0.25) is 0 Å². The maximum Gasteiger partial charge on any atom is 0.256 e. The van der Waals surface area contributed by atoms with Crippen LogP contribution in [0.3, 0.4) is 0 Å². The van der Waals surface area contributed by atoms with Gasteiger partial charge in [0.1, 0.15) is 16.8 Å². The number of hydrogen-bond acceptors (Lipinski definition) is 7.